The molecule has 1 N–H and O–H groups in total. The summed E-state index contributed by atoms with van der Waals surface area (Å²) in [6, 6.07) is 18.9. The van der Waals surface area contributed by atoms with Gasteiger partial charge in [-0.15, -0.1) is 6.58 Å². The molecule has 5 aliphatic rings. The molecule has 3 aliphatic heterocycles. The van der Waals surface area contributed by atoms with Gasteiger partial charge < -0.3 is 10.0 Å². The number of phenols is 1. The summed E-state index contributed by atoms with van der Waals surface area (Å²) in [4.78, 5) is 20.6. The number of piperidine rings is 1. The summed E-state index contributed by atoms with van der Waals surface area (Å²) in [5.41, 5.74) is 3.60. The molecule has 5 fully saturated rings. The minimum Gasteiger partial charge on any atom is -0.508 e. The Hall–Kier alpha value is -2.63. The van der Waals surface area contributed by atoms with Crippen molar-refractivity contribution in [2.75, 3.05) is 19.6 Å². The second-order valence-electron chi connectivity index (χ2n) is 11.6. The maximum atomic E-state index is 13.1. The molecular formula is C31H37N3O2. The number of amides is 1. The maximum Gasteiger partial charge on any atom is 0.253 e. The molecule has 3 saturated heterocycles. The highest BCUT2D eigenvalue weighted by Crippen LogP contribution is 2.72. The minimum atomic E-state index is 0.0998. The van der Waals surface area contributed by atoms with E-state index < -0.39 is 0 Å². The van der Waals surface area contributed by atoms with Crippen LogP contribution in [0.25, 0.3) is 0 Å². The van der Waals surface area contributed by atoms with E-state index in [4.69, 9.17) is 0 Å². The molecule has 5 atom stereocenters. The zero-order chi connectivity index (χ0) is 24.4. The van der Waals surface area contributed by atoms with E-state index in [0.717, 1.165) is 43.6 Å². The fraction of sp³-hybridized carbons (Fsp3) is 0.516. The lowest BCUT2D eigenvalue weighted by molar-refractivity contribution is -0.235. The van der Waals surface area contributed by atoms with Gasteiger partial charge in [0, 0.05) is 54.8 Å². The molecule has 0 bridgehead atoms. The standard InChI is InChI=1S/C31H37N3O2/c1-2-17-33-25-13-15-27-31(25)26(33)14-16-28(31)34(27)29(23-7-6-8-24(35)20-23)21-9-11-22(12-10-21)30(36)32-18-4-3-5-19-32/h2,6-12,20,25-29,35H,1,3-5,13-19H2. The predicted octanol–water partition coefficient (Wildman–Crippen LogP) is 4.97. The van der Waals surface area contributed by atoms with Gasteiger partial charge in [-0.05, 0) is 80.3 Å². The number of aromatic hydroxyl groups is 1. The third-order valence-corrected chi connectivity index (χ3v) is 10.2. The van der Waals surface area contributed by atoms with E-state index in [1.165, 1.54) is 37.7 Å². The van der Waals surface area contributed by atoms with Gasteiger partial charge in [-0.2, -0.15) is 0 Å². The van der Waals surface area contributed by atoms with Gasteiger partial charge in [0.25, 0.3) is 5.91 Å². The number of benzene rings is 2. The topological polar surface area (TPSA) is 47.0 Å². The first-order valence-electron chi connectivity index (χ1n) is 14.0. The predicted molar refractivity (Wildman–Crippen MR) is 141 cm³/mol. The summed E-state index contributed by atoms with van der Waals surface area (Å²) in [6.07, 6.45) is 10.5. The Morgan fingerprint density at radius 1 is 0.944 bits per heavy atom. The average Bonchev–Trinajstić information content (AvgIpc) is 3.36. The number of phenolic OH excluding ortho intramolecular Hbond substituents is 1. The first kappa shape index (κ1) is 22.6. The Balaban J connectivity index is 1.21. The number of carbonyl (C=O) groups excluding carboxylic acids is 1. The van der Waals surface area contributed by atoms with Crippen molar-refractivity contribution in [3.05, 3.63) is 77.9 Å². The summed E-state index contributed by atoms with van der Waals surface area (Å²) in [6.45, 7) is 6.77. The van der Waals surface area contributed by atoms with Gasteiger partial charge >= 0.3 is 0 Å². The average molecular weight is 484 g/mol. The van der Waals surface area contributed by atoms with Crippen LogP contribution in [0.4, 0.5) is 0 Å². The van der Waals surface area contributed by atoms with Crippen molar-refractivity contribution in [3.63, 3.8) is 0 Å². The molecule has 5 unspecified atom stereocenters. The number of rotatable bonds is 6. The Kier molecular flexibility index (Phi) is 5.30. The van der Waals surface area contributed by atoms with Crippen molar-refractivity contribution >= 4 is 5.91 Å². The Bertz CT molecular complexity index is 1140. The number of carbonyl (C=O) groups is 1. The zero-order valence-corrected chi connectivity index (χ0v) is 21.1. The van der Waals surface area contributed by atoms with Crippen molar-refractivity contribution in [2.24, 2.45) is 5.41 Å². The highest BCUT2D eigenvalue weighted by Gasteiger charge is 2.80. The van der Waals surface area contributed by atoms with Crippen LogP contribution < -0.4 is 0 Å². The molecule has 0 radical (unpaired) electrons. The molecule has 1 spiro atoms. The first-order chi connectivity index (χ1) is 17.6. The smallest absolute Gasteiger partial charge is 0.253 e. The van der Waals surface area contributed by atoms with Crippen LogP contribution in [0.2, 0.25) is 0 Å². The maximum absolute atomic E-state index is 13.1. The van der Waals surface area contributed by atoms with Gasteiger partial charge in [0.2, 0.25) is 0 Å². The van der Waals surface area contributed by atoms with E-state index in [1.807, 2.05) is 29.2 Å². The number of likely N-dealkylation sites (tertiary alicyclic amines) is 3. The third kappa shape index (κ3) is 2.99. The molecule has 2 aromatic carbocycles. The van der Waals surface area contributed by atoms with Gasteiger partial charge in [-0.25, -0.2) is 0 Å². The molecule has 2 aliphatic carbocycles. The Morgan fingerprint density at radius 2 is 1.61 bits per heavy atom. The van der Waals surface area contributed by atoms with Crippen LogP contribution in [-0.4, -0.2) is 69.5 Å². The van der Waals surface area contributed by atoms with Crippen molar-refractivity contribution in [2.45, 2.75) is 75.2 Å². The van der Waals surface area contributed by atoms with E-state index in [1.54, 1.807) is 6.07 Å². The van der Waals surface area contributed by atoms with Gasteiger partial charge in [-0.1, -0.05) is 30.3 Å². The SMILES string of the molecule is C=CCN1C2CCC3N(C(c4ccc(C(=O)N5CCCCC5)cc4)c4cccc(O)c4)C4CCC1C234. The lowest BCUT2D eigenvalue weighted by Crippen LogP contribution is -2.83. The molecule has 36 heavy (non-hydrogen) atoms. The van der Waals surface area contributed by atoms with Crippen molar-refractivity contribution in [3.8, 4) is 5.75 Å². The van der Waals surface area contributed by atoms with Crippen molar-refractivity contribution < 1.29 is 9.90 Å². The number of nitrogens with zero attached hydrogens (tertiary/aromatic N) is 3. The van der Waals surface area contributed by atoms with Crippen LogP contribution in [0.3, 0.4) is 0 Å². The largest absolute Gasteiger partial charge is 0.508 e. The third-order valence-electron chi connectivity index (χ3n) is 10.2. The fourth-order valence-corrected chi connectivity index (χ4v) is 9.04. The lowest BCUT2D eigenvalue weighted by Gasteiger charge is -2.72. The van der Waals surface area contributed by atoms with Crippen molar-refractivity contribution in [1.29, 1.82) is 0 Å². The summed E-state index contributed by atoms with van der Waals surface area (Å²) in [7, 11) is 0. The van der Waals surface area contributed by atoms with E-state index in [-0.39, 0.29) is 11.9 Å². The second-order valence-corrected chi connectivity index (χ2v) is 11.6. The van der Waals surface area contributed by atoms with Crippen LogP contribution >= 0.6 is 0 Å². The van der Waals surface area contributed by atoms with Gasteiger partial charge in [0.15, 0.2) is 0 Å². The van der Waals surface area contributed by atoms with Crippen molar-refractivity contribution in [1.82, 2.24) is 14.7 Å². The first-order valence-corrected chi connectivity index (χ1v) is 14.0. The normalized spacial score (nSPS) is 33.8. The highest BCUT2D eigenvalue weighted by atomic mass is 16.3. The zero-order valence-electron chi connectivity index (χ0n) is 21.1. The Morgan fingerprint density at radius 3 is 2.25 bits per heavy atom. The van der Waals surface area contributed by atoms with Crippen LogP contribution in [0, 0.1) is 5.41 Å². The molecule has 5 heteroatoms. The monoisotopic (exact) mass is 483 g/mol. The van der Waals surface area contributed by atoms with Crippen LogP contribution in [0.15, 0.2) is 61.2 Å². The molecule has 3 heterocycles. The van der Waals surface area contributed by atoms with Gasteiger partial charge in [0.1, 0.15) is 5.75 Å². The van der Waals surface area contributed by atoms with Gasteiger partial charge in [-0.3, -0.25) is 14.6 Å². The summed E-state index contributed by atoms with van der Waals surface area (Å²) in [5.74, 6) is 0.478. The van der Waals surface area contributed by atoms with E-state index >= 15 is 0 Å². The highest BCUT2D eigenvalue weighted by molar-refractivity contribution is 5.94. The van der Waals surface area contributed by atoms with E-state index in [0.29, 0.717) is 35.3 Å². The summed E-state index contributed by atoms with van der Waals surface area (Å²) < 4.78 is 0. The molecular weight excluding hydrogens is 446 g/mol. The van der Waals surface area contributed by atoms with Crippen LogP contribution in [0.1, 0.15) is 72.5 Å². The molecule has 1 amide bonds. The lowest BCUT2D eigenvalue weighted by atomic mass is 9.56. The molecule has 0 aromatic heterocycles. The van der Waals surface area contributed by atoms with Crippen LogP contribution in [0.5, 0.6) is 5.75 Å². The fourth-order valence-electron chi connectivity index (χ4n) is 9.04. The second kappa shape index (κ2) is 8.46. The Labute approximate surface area is 214 Å². The quantitative estimate of drug-likeness (QED) is 0.589. The van der Waals surface area contributed by atoms with Crippen LogP contribution in [-0.2, 0) is 0 Å². The number of hydrogen-bond donors (Lipinski definition) is 1. The molecule has 2 aromatic rings. The summed E-state index contributed by atoms with van der Waals surface area (Å²) >= 11 is 0. The van der Waals surface area contributed by atoms with E-state index in [9.17, 15) is 9.90 Å². The molecule has 188 valence electrons. The van der Waals surface area contributed by atoms with Gasteiger partial charge in [0.05, 0.1) is 6.04 Å². The molecule has 7 rings (SSSR count). The minimum absolute atomic E-state index is 0.0998. The number of hydrogen-bond acceptors (Lipinski definition) is 4. The molecule has 5 nitrogen and oxygen atoms in total. The van der Waals surface area contributed by atoms with E-state index in [2.05, 4.69) is 40.7 Å². The summed E-state index contributed by atoms with van der Waals surface area (Å²) in [5, 5.41) is 10.4. The molecule has 2 saturated carbocycles.